The zero-order valence-corrected chi connectivity index (χ0v) is 13.7. The molecular formula is C17H14BrF2NO. The van der Waals surface area contributed by atoms with Crippen LogP contribution in [0.15, 0.2) is 45.9 Å². The van der Waals surface area contributed by atoms with E-state index in [9.17, 15) is 8.78 Å². The first-order chi connectivity index (χ1) is 10.5. The Morgan fingerprint density at radius 3 is 2.45 bits per heavy atom. The molecule has 2 nitrogen and oxygen atoms in total. The van der Waals surface area contributed by atoms with Gasteiger partial charge in [-0.1, -0.05) is 28.1 Å². The third kappa shape index (κ3) is 2.65. The Balaban J connectivity index is 2.03. The molecule has 0 saturated heterocycles. The lowest BCUT2D eigenvalue weighted by Gasteiger charge is -2.15. The number of rotatable bonds is 2. The van der Waals surface area contributed by atoms with Crippen molar-refractivity contribution in [2.75, 3.05) is 0 Å². The fourth-order valence-electron chi connectivity index (χ4n) is 2.62. The highest BCUT2D eigenvalue weighted by atomic mass is 79.9. The third-order valence-electron chi connectivity index (χ3n) is 3.73. The molecular weight excluding hydrogens is 352 g/mol. The van der Waals surface area contributed by atoms with Gasteiger partial charge < -0.3 is 4.74 Å². The largest absolute Gasteiger partial charge is 0.472 e. The smallest absolute Gasteiger partial charge is 0.223 e. The summed E-state index contributed by atoms with van der Waals surface area (Å²) < 4.78 is 34.4. The second-order valence-electron chi connectivity index (χ2n) is 5.30. The second-order valence-corrected chi connectivity index (χ2v) is 6.22. The van der Waals surface area contributed by atoms with Crippen LogP contribution in [0.2, 0.25) is 0 Å². The molecule has 1 heterocycles. The van der Waals surface area contributed by atoms with Gasteiger partial charge in [0.05, 0.1) is 0 Å². The van der Waals surface area contributed by atoms with Crippen molar-refractivity contribution >= 4 is 21.8 Å². The van der Waals surface area contributed by atoms with Crippen molar-refractivity contribution in [3.63, 3.8) is 0 Å². The fraction of sp³-hybridized carbons (Fsp3) is 0.235. The van der Waals surface area contributed by atoms with Crippen LogP contribution >= 0.6 is 15.9 Å². The normalized spacial score (nSPS) is 20.7. The van der Waals surface area contributed by atoms with Crippen molar-refractivity contribution in [2.45, 2.75) is 26.0 Å². The summed E-state index contributed by atoms with van der Waals surface area (Å²) in [6.45, 7) is 3.82. The first-order valence-corrected chi connectivity index (χ1v) is 7.71. The van der Waals surface area contributed by atoms with Crippen molar-refractivity contribution < 1.29 is 13.5 Å². The van der Waals surface area contributed by atoms with Gasteiger partial charge in [-0.3, -0.25) is 0 Å². The van der Waals surface area contributed by atoms with Crippen molar-refractivity contribution in [1.29, 1.82) is 0 Å². The van der Waals surface area contributed by atoms with E-state index >= 15 is 0 Å². The van der Waals surface area contributed by atoms with Crippen LogP contribution in [0.25, 0.3) is 0 Å². The topological polar surface area (TPSA) is 21.6 Å². The van der Waals surface area contributed by atoms with Gasteiger partial charge in [-0.2, -0.15) is 0 Å². The number of hydrogen-bond donors (Lipinski definition) is 0. The molecule has 0 radical (unpaired) electrons. The van der Waals surface area contributed by atoms with Crippen LogP contribution in [0.5, 0.6) is 0 Å². The van der Waals surface area contributed by atoms with Crippen LogP contribution in [0.1, 0.15) is 29.7 Å². The van der Waals surface area contributed by atoms with Crippen molar-refractivity contribution in [2.24, 2.45) is 4.99 Å². The minimum Gasteiger partial charge on any atom is -0.472 e. The average molecular weight is 366 g/mol. The van der Waals surface area contributed by atoms with E-state index in [1.807, 2.05) is 32.0 Å². The predicted octanol–water partition coefficient (Wildman–Crippen LogP) is 4.94. The highest BCUT2D eigenvalue weighted by Crippen LogP contribution is 2.34. The van der Waals surface area contributed by atoms with Crippen LogP contribution in [-0.4, -0.2) is 12.0 Å². The van der Waals surface area contributed by atoms with Gasteiger partial charge in [-0.05, 0) is 49.2 Å². The number of benzene rings is 2. The lowest BCUT2D eigenvalue weighted by Crippen LogP contribution is -2.14. The van der Waals surface area contributed by atoms with Crippen molar-refractivity contribution in [3.05, 3.63) is 69.2 Å². The van der Waals surface area contributed by atoms with Crippen LogP contribution in [0, 0.1) is 18.6 Å². The number of ether oxygens (including phenoxy) is 1. The first kappa shape index (κ1) is 15.2. The number of halogens is 3. The molecule has 2 atom stereocenters. The monoisotopic (exact) mass is 365 g/mol. The van der Waals surface area contributed by atoms with Gasteiger partial charge >= 0.3 is 0 Å². The molecule has 0 bridgehead atoms. The van der Waals surface area contributed by atoms with E-state index in [-0.39, 0.29) is 23.6 Å². The van der Waals surface area contributed by atoms with Gasteiger partial charge in [0.15, 0.2) is 0 Å². The van der Waals surface area contributed by atoms with Gasteiger partial charge in [0.1, 0.15) is 29.3 Å². The molecule has 2 aromatic rings. The Morgan fingerprint density at radius 1 is 1.14 bits per heavy atom. The maximum absolute atomic E-state index is 13.9. The van der Waals surface area contributed by atoms with E-state index in [1.165, 1.54) is 18.2 Å². The molecule has 1 aliphatic heterocycles. The lowest BCUT2D eigenvalue weighted by molar-refractivity contribution is 0.212. The maximum atomic E-state index is 13.9. The van der Waals surface area contributed by atoms with E-state index in [1.54, 1.807) is 0 Å². The quantitative estimate of drug-likeness (QED) is 0.738. The SMILES string of the molecule is Cc1cc(Br)ccc1[C@H]1N=C(c2c(F)cccc2F)O[C@@H]1C. The Bertz CT molecular complexity index is 740. The van der Waals surface area contributed by atoms with E-state index in [0.717, 1.165) is 15.6 Å². The molecule has 0 N–H and O–H groups in total. The van der Waals surface area contributed by atoms with Crippen LogP contribution in [0.3, 0.4) is 0 Å². The number of aliphatic imine (C=N–C) groups is 1. The second kappa shape index (κ2) is 5.80. The molecule has 0 aliphatic carbocycles. The summed E-state index contributed by atoms with van der Waals surface area (Å²) in [5.41, 5.74) is 1.84. The van der Waals surface area contributed by atoms with E-state index < -0.39 is 11.6 Å². The Morgan fingerprint density at radius 2 is 1.82 bits per heavy atom. The van der Waals surface area contributed by atoms with Gasteiger partial charge in [0, 0.05) is 4.47 Å². The summed E-state index contributed by atoms with van der Waals surface area (Å²) >= 11 is 3.42. The molecule has 0 aromatic heterocycles. The molecule has 0 unspecified atom stereocenters. The van der Waals surface area contributed by atoms with Gasteiger partial charge in [0.25, 0.3) is 0 Å². The van der Waals surface area contributed by atoms with Crippen LogP contribution in [-0.2, 0) is 4.74 Å². The van der Waals surface area contributed by atoms with E-state index in [4.69, 9.17) is 4.74 Å². The maximum Gasteiger partial charge on any atom is 0.223 e. The van der Waals surface area contributed by atoms with E-state index in [2.05, 4.69) is 20.9 Å². The molecule has 5 heteroatoms. The standard InChI is InChI=1S/C17H14BrF2NO/c1-9-8-11(18)6-7-12(9)16-10(2)22-17(21-16)15-13(19)4-3-5-14(15)20/h3-8,10,16H,1-2H3/t10-,16+/m1/s1. The lowest BCUT2D eigenvalue weighted by atomic mass is 9.99. The highest BCUT2D eigenvalue weighted by molar-refractivity contribution is 9.10. The average Bonchev–Trinajstić information content (AvgIpc) is 2.80. The molecule has 0 amide bonds. The summed E-state index contributed by atoms with van der Waals surface area (Å²) in [6, 6.07) is 9.31. The molecule has 0 saturated carbocycles. The van der Waals surface area contributed by atoms with Gasteiger partial charge in [-0.25, -0.2) is 13.8 Å². The highest BCUT2D eigenvalue weighted by Gasteiger charge is 2.32. The molecule has 22 heavy (non-hydrogen) atoms. The van der Waals surface area contributed by atoms with Gasteiger partial charge in [-0.15, -0.1) is 0 Å². The van der Waals surface area contributed by atoms with Crippen LogP contribution < -0.4 is 0 Å². The van der Waals surface area contributed by atoms with Crippen LogP contribution in [0.4, 0.5) is 8.78 Å². The van der Waals surface area contributed by atoms with Gasteiger partial charge in [0.2, 0.25) is 5.90 Å². The van der Waals surface area contributed by atoms with Crippen molar-refractivity contribution in [1.82, 2.24) is 0 Å². The third-order valence-corrected chi connectivity index (χ3v) is 4.22. The molecule has 1 aliphatic rings. The minimum absolute atomic E-state index is 0.0235. The summed E-state index contributed by atoms with van der Waals surface area (Å²) in [4.78, 5) is 4.42. The molecule has 2 aromatic carbocycles. The Kier molecular flexibility index (Phi) is 4.00. The number of nitrogens with zero attached hydrogens (tertiary/aromatic N) is 1. The predicted molar refractivity (Wildman–Crippen MR) is 85.1 cm³/mol. The Hall–Kier alpha value is -1.75. The zero-order chi connectivity index (χ0) is 15.9. The zero-order valence-electron chi connectivity index (χ0n) is 12.1. The first-order valence-electron chi connectivity index (χ1n) is 6.92. The summed E-state index contributed by atoms with van der Waals surface area (Å²) in [5, 5.41) is 0. The van der Waals surface area contributed by atoms with E-state index in [0.29, 0.717) is 0 Å². The number of hydrogen-bond acceptors (Lipinski definition) is 2. The fourth-order valence-corrected chi connectivity index (χ4v) is 3.10. The Labute approximate surface area is 136 Å². The molecule has 3 rings (SSSR count). The molecule has 0 spiro atoms. The summed E-state index contributed by atoms with van der Waals surface area (Å²) in [5.74, 6) is -1.31. The summed E-state index contributed by atoms with van der Waals surface area (Å²) in [7, 11) is 0. The van der Waals surface area contributed by atoms with Crippen molar-refractivity contribution in [3.8, 4) is 0 Å². The minimum atomic E-state index is -0.667. The molecule has 0 fully saturated rings. The molecule has 114 valence electrons. The number of aryl methyl sites for hydroxylation is 1. The summed E-state index contributed by atoms with van der Waals surface area (Å²) in [6.07, 6.45) is -0.283.